The molecule has 2 N–H and O–H groups in total. The van der Waals surface area contributed by atoms with Gasteiger partial charge in [-0.2, -0.15) is 5.06 Å². The van der Waals surface area contributed by atoms with E-state index in [1.54, 1.807) is 32.9 Å². The summed E-state index contributed by atoms with van der Waals surface area (Å²) in [6, 6.07) is 2.57. The molecule has 2 amide bonds. The van der Waals surface area contributed by atoms with Crippen molar-refractivity contribution < 1.29 is 19.5 Å². The standard InChI is InChI=1S/C13H17N3O4/c1-13(2,3)20-12(18)15-9-7-8-5-4-6-14-10(8)16(19)11(9)17/h4-6,9,19H,7H2,1-3H3,(H,15,18). The van der Waals surface area contributed by atoms with Crippen LogP contribution in [0.1, 0.15) is 26.3 Å². The predicted molar refractivity (Wildman–Crippen MR) is 70.4 cm³/mol. The minimum atomic E-state index is -0.869. The van der Waals surface area contributed by atoms with E-state index in [4.69, 9.17) is 4.74 Å². The first-order valence-electron chi connectivity index (χ1n) is 6.24. The summed E-state index contributed by atoms with van der Waals surface area (Å²) >= 11 is 0. The molecule has 0 saturated heterocycles. The second kappa shape index (κ2) is 5.09. The van der Waals surface area contributed by atoms with Crippen molar-refractivity contribution in [2.75, 3.05) is 5.06 Å². The van der Waals surface area contributed by atoms with Gasteiger partial charge in [-0.3, -0.25) is 10.0 Å². The number of nitrogens with zero attached hydrogens (tertiary/aromatic N) is 2. The number of hydrogen-bond donors (Lipinski definition) is 2. The van der Waals surface area contributed by atoms with E-state index in [0.717, 1.165) is 0 Å². The van der Waals surface area contributed by atoms with Crippen LogP contribution in [0, 0.1) is 0 Å². The lowest BCUT2D eigenvalue weighted by Crippen LogP contribution is -2.53. The van der Waals surface area contributed by atoms with Gasteiger partial charge in [0.2, 0.25) is 0 Å². The van der Waals surface area contributed by atoms with E-state index in [1.165, 1.54) is 6.20 Å². The van der Waals surface area contributed by atoms with Crippen LogP contribution in [-0.4, -0.2) is 33.8 Å². The van der Waals surface area contributed by atoms with Gasteiger partial charge >= 0.3 is 6.09 Å². The van der Waals surface area contributed by atoms with Gasteiger partial charge in [0.25, 0.3) is 5.91 Å². The molecular formula is C13H17N3O4. The van der Waals surface area contributed by atoms with E-state index < -0.39 is 23.6 Å². The van der Waals surface area contributed by atoms with Crippen LogP contribution in [0.2, 0.25) is 0 Å². The lowest BCUT2D eigenvalue weighted by atomic mass is 10.0. The van der Waals surface area contributed by atoms with Gasteiger partial charge in [-0.1, -0.05) is 6.07 Å². The minimum absolute atomic E-state index is 0.194. The topological polar surface area (TPSA) is 91.8 Å². The van der Waals surface area contributed by atoms with Crippen LogP contribution < -0.4 is 10.4 Å². The largest absolute Gasteiger partial charge is 0.444 e. The highest BCUT2D eigenvalue weighted by Crippen LogP contribution is 2.23. The van der Waals surface area contributed by atoms with Gasteiger partial charge in [-0.15, -0.1) is 0 Å². The fourth-order valence-electron chi connectivity index (χ4n) is 1.90. The highest BCUT2D eigenvalue weighted by atomic mass is 16.6. The zero-order valence-corrected chi connectivity index (χ0v) is 11.6. The summed E-state index contributed by atoms with van der Waals surface area (Å²) < 4.78 is 5.09. The molecule has 0 aromatic carbocycles. The molecule has 1 aliphatic heterocycles. The maximum absolute atomic E-state index is 12.0. The maximum atomic E-state index is 12.0. The number of rotatable bonds is 1. The molecule has 0 spiro atoms. The molecule has 1 atom stereocenters. The molecule has 108 valence electrons. The van der Waals surface area contributed by atoms with E-state index in [1.807, 2.05) is 0 Å². The Kier molecular flexibility index (Phi) is 3.63. The number of aromatic nitrogens is 1. The third-order valence-corrected chi connectivity index (χ3v) is 2.69. The van der Waals surface area contributed by atoms with Crippen molar-refractivity contribution in [1.29, 1.82) is 0 Å². The number of nitrogens with one attached hydrogen (secondary N) is 1. The lowest BCUT2D eigenvalue weighted by Gasteiger charge is -2.29. The van der Waals surface area contributed by atoms with Crippen LogP contribution in [0.25, 0.3) is 0 Å². The van der Waals surface area contributed by atoms with Gasteiger partial charge in [-0.05, 0) is 32.4 Å². The van der Waals surface area contributed by atoms with Gasteiger partial charge in [0, 0.05) is 12.6 Å². The highest BCUT2D eigenvalue weighted by Gasteiger charge is 2.35. The monoisotopic (exact) mass is 279 g/mol. The lowest BCUT2D eigenvalue weighted by molar-refractivity contribution is -0.126. The molecule has 1 aromatic heterocycles. The van der Waals surface area contributed by atoms with E-state index in [0.29, 0.717) is 10.6 Å². The van der Waals surface area contributed by atoms with Crippen LogP contribution in [0.3, 0.4) is 0 Å². The van der Waals surface area contributed by atoms with Gasteiger partial charge < -0.3 is 10.1 Å². The summed E-state index contributed by atoms with van der Waals surface area (Å²) in [5.41, 5.74) is 0.0239. The molecule has 0 saturated carbocycles. The van der Waals surface area contributed by atoms with E-state index >= 15 is 0 Å². The van der Waals surface area contributed by atoms with Crippen molar-refractivity contribution in [2.24, 2.45) is 0 Å². The molecule has 7 heteroatoms. The Morgan fingerprint density at radius 2 is 2.25 bits per heavy atom. The van der Waals surface area contributed by atoms with Gasteiger partial charge in [0.15, 0.2) is 5.82 Å². The summed E-state index contributed by atoms with van der Waals surface area (Å²) in [5, 5.41) is 12.7. The molecule has 1 unspecified atom stereocenters. The van der Waals surface area contributed by atoms with E-state index in [2.05, 4.69) is 10.3 Å². The SMILES string of the molecule is CC(C)(C)OC(=O)NC1Cc2cccnc2N(O)C1=O. The molecule has 1 aliphatic rings. The first-order chi connectivity index (χ1) is 9.28. The molecule has 2 rings (SSSR count). The molecule has 2 heterocycles. The predicted octanol–water partition coefficient (Wildman–Crippen LogP) is 1.25. The molecule has 1 aromatic rings. The molecule has 0 radical (unpaired) electrons. The maximum Gasteiger partial charge on any atom is 0.408 e. The van der Waals surface area contributed by atoms with E-state index in [9.17, 15) is 14.8 Å². The quantitative estimate of drug-likeness (QED) is 0.755. The summed E-state index contributed by atoms with van der Waals surface area (Å²) in [6.45, 7) is 5.19. The number of anilines is 1. The Labute approximate surface area is 116 Å². The molecule has 7 nitrogen and oxygen atoms in total. The summed E-state index contributed by atoms with van der Waals surface area (Å²) in [4.78, 5) is 27.6. The smallest absolute Gasteiger partial charge is 0.408 e. The molecule has 0 bridgehead atoms. The summed E-state index contributed by atoms with van der Waals surface area (Å²) in [5.74, 6) is -0.443. The van der Waals surface area contributed by atoms with Crippen molar-refractivity contribution in [3.63, 3.8) is 0 Å². The first kappa shape index (κ1) is 14.3. The Morgan fingerprint density at radius 3 is 2.90 bits per heavy atom. The van der Waals surface area contributed by atoms with Crippen LogP contribution in [0.15, 0.2) is 18.3 Å². The number of alkyl carbamates (subject to hydrolysis) is 1. The van der Waals surface area contributed by atoms with Crippen LogP contribution >= 0.6 is 0 Å². The zero-order valence-electron chi connectivity index (χ0n) is 11.6. The van der Waals surface area contributed by atoms with Crippen LogP contribution in [0.5, 0.6) is 0 Å². The van der Waals surface area contributed by atoms with Crippen molar-refractivity contribution in [3.05, 3.63) is 23.9 Å². The molecule has 20 heavy (non-hydrogen) atoms. The zero-order chi connectivity index (χ0) is 14.9. The number of pyridine rings is 1. The third kappa shape index (κ3) is 3.05. The van der Waals surface area contributed by atoms with Gasteiger partial charge in [0.05, 0.1) is 0 Å². The normalized spacial score (nSPS) is 18.5. The van der Waals surface area contributed by atoms with Crippen molar-refractivity contribution in [2.45, 2.75) is 38.8 Å². The highest BCUT2D eigenvalue weighted by molar-refractivity contribution is 5.98. The fourth-order valence-corrected chi connectivity index (χ4v) is 1.90. The average molecular weight is 279 g/mol. The number of carbonyl (C=O) groups is 2. The van der Waals surface area contributed by atoms with Crippen molar-refractivity contribution in [3.8, 4) is 0 Å². The number of hydroxylamine groups is 1. The van der Waals surface area contributed by atoms with Gasteiger partial charge in [0.1, 0.15) is 11.6 Å². The van der Waals surface area contributed by atoms with Crippen LogP contribution in [0.4, 0.5) is 10.6 Å². The number of fused-ring (bicyclic) bond motifs is 1. The fraction of sp³-hybridized carbons (Fsp3) is 0.462. The third-order valence-electron chi connectivity index (χ3n) is 2.69. The number of ether oxygens (including phenoxy) is 1. The molecule has 0 aliphatic carbocycles. The number of amides is 2. The van der Waals surface area contributed by atoms with Gasteiger partial charge in [-0.25, -0.2) is 9.78 Å². The second-order valence-corrected chi connectivity index (χ2v) is 5.54. The number of carbonyl (C=O) groups excluding carboxylic acids is 2. The second-order valence-electron chi connectivity index (χ2n) is 5.54. The average Bonchev–Trinajstić information content (AvgIpc) is 2.33. The van der Waals surface area contributed by atoms with Crippen molar-refractivity contribution in [1.82, 2.24) is 10.3 Å². The Bertz CT molecular complexity index is 539. The van der Waals surface area contributed by atoms with E-state index in [-0.39, 0.29) is 12.2 Å². The first-order valence-corrected chi connectivity index (χ1v) is 6.24. The summed E-state index contributed by atoms with van der Waals surface area (Å²) in [7, 11) is 0. The Morgan fingerprint density at radius 1 is 1.55 bits per heavy atom. The molecular weight excluding hydrogens is 262 g/mol. The summed E-state index contributed by atoms with van der Waals surface area (Å²) in [6.07, 6.45) is 1.05. The number of hydrogen-bond acceptors (Lipinski definition) is 5. The van der Waals surface area contributed by atoms with Crippen molar-refractivity contribution >= 4 is 17.8 Å². The Hall–Kier alpha value is -2.15. The minimum Gasteiger partial charge on any atom is -0.444 e. The van der Waals surface area contributed by atoms with Crippen LogP contribution in [-0.2, 0) is 16.0 Å². The molecule has 0 fully saturated rings. The Balaban J connectivity index is 2.12.